The molecule has 2 aromatic rings. The number of carbonyl (C=O) groups excluding carboxylic acids is 1. The molecule has 0 aliphatic carbocycles. The van der Waals surface area contributed by atoms with Gasteiger partial charge in [0.25, 0.3) is 5.91 Å². The number of halogens is 1. The number of hydrogen-bond acceptors (Lipinski definition) is 5. The summed E-state index contributed by atoms with van der Waals surface area (Å²) in [6.45, 7) is 9.93. The standard InChI is InChI=1S/C18H21ClN4O2/c1-3-7-22-8-10-23(11-9-22)17-14(19)5-4-6-15(17)20-18(24)16-12-13(2)25-21-16/h3-6,12H,1,7-11H2,2H3,(H,20,24). The van der Waals surface area contributed by atoms with Crippen LogP contribution in [0.4, 0.5) is 11.4 Å². The van der Waals surface area contributed by atoms with Gasteiger partial charge in [0, 0.05) is 38.8 Å². The van der Waals surface area contributed by atoms with Crippen molar-refractivity contribution < 1.29 is 9.32 Å². The molecule has 1 saturated heterocycles. The van der Waals surface area contributed by atoms with Gasteiger partial charge in [-0.1, -0.05) is 28.9 Å². The number of piperazine rings is 1. The first kappa shape index (κ1) is 17.5. The number of anilines is 2. The van der Waals surface area contributed by atoms with Crippen molar-refractivity contribution in [3.8, 4) is 0 Å². The summed E-state index contributed by atoms with van der Waals surface area (Å²) < 4.78 is 4.97. The Bertz CT molecular complexity index is 766. The molecule has 7 heteroatoms. The Kier molecular flexibility index (Phi) is 5.40. The van der Waals surface area contributed by atoms with Crippen molar-refractivity contribution in [1.82, 2.24) is 10.1 Å². The predicted octanol–water partition coefficient (Wildman–Crippen LogP) is 3.20. The van der Waals surface area contributed by atoms with Crippen LogP contribution in [0.25, 0.3) is 0 Å². The van der Waals surface area contributed by atoms with Crippen molar-refractivity contribution in [3.05, 3.63) is 53.4 Å². The van der Waals surface area contributed by atoms with Crippen molar-refractivity contribution in [1.29, 1.82) is 0 Å². The van der Waals surface area contributed by atoms with Crippen LogP contribution in [0.3, 0.4) is 0 Å². The molecular weight excluding hydrogens is 340 g/mol. The summed E-state index contributed by atoms with van der Waals surface area (Å²) >= 11 is 6.44. The van der Waals surface area contributed by atoms with E-state index < -0.39 is 0 Å². The lowest BCUT2D eigenvalue weighted by Gasteiger charge is -2.36. The topological polar surface area (TPSA) is 61.6 Å². The first-order valence-corrected chi connectivity index (χ1v) is 8.57. The van der Waals surface area contributed by atoms with Crippen LogP contribution in [0.1, 0.15) is 16.2 Å². The van der Waals surface area contributed by atoms with E-state index in [1.807, 2.05) is 24.3 Å². The van der Waals surface area contributed by atoms with Gasteiger partial charge in [0.1, 0.15) is 5.76 Å². The zero-order valence-electron chi connectivity index (χ0n) is 14.2. The number of aromatic nitrogens is 1. The Labute approximate surface area is 152 Å². The molecule has 1 fully saturated rings. The van der Waals surface area contributed by atoms with E-state index in [2.05, 4.69) is 26.9 Å². The molecule has 1 aliphatic heterocycles. The fourth-order valence-corrected chi connectivity index (χ4v) is 3.23. The largest absolute Gasteiger partial charge is 0.366 e. The molecule has 6 nitrogen and oxygen atoms in total. The minimum Gasteiger partial charge on any atom is -0.366 e. The Balaban J connectivity index is 1.78. The fourth-order valence-electron chi connectivity index (χ4n) is 2.93. The summed E-state index contributed by atoms with van der Waals surface area (Å²) in [5.74, 6) is 0.278. The second kappa shape index (κ2) is 7.72. The molecule has 1 N–H and O–H groups in total. The molecule has 1 aliphatic rings. The van der Waals surface area contributed by atoms with E-state index in [4.69, 9.17) is 16.1 Å². The van der Waals surface area contributed by atoms with Gasteiger partial charge >= 0.3 is 0 Å². The third-order valence-electron chi connectivity index (χ3n) is 4.17. The van der Waals surface area contributed by atoms with Crippen LogP contribution < -0.4 is 10.2 Å². The van der Waals surface area contributed by atoms with Gasteiger partial charge in [0.15, 0.2) is 5.69 Å². The Hall–Kier alpha value is -2.31. The molecule has 0 unspecified atom stereocenters. The number of amides is 1. The quantitative estimate of drug-likeness (QED) is 0.830. The van der Waals surface area contributed by atoms with Gasteiger partial charge < -0.3 is 14.7 Å². The van der Waals surface area contributed by atoms with Crippen LogP contribution in [-0.2, 0) is 0 Å². The van der Waals surface area contributed by atoms with Gasteiger partial charge in [-0.15, -0.1) is 6.58 Å². The minimum absolute atomic E-state index is 0.249. The van der Waals surface area contributed by atoms with Crippen LogP contribution in [0, 0.1) is 6.92 Å². The highest BCUT2D eigenvalue weighted by Crippen LogP contribution is 2.34. The number of para-hydroxylation sites is 1. The second-order valence-corrected chi connectivity index (χ2v) is 6.40. The third kappa shape index (κ3) is 4.03. The molecule has 0 bridgehead atoms. The van der Waals surface area contributed by atoms with Crippen molar-refractivity contribution in [2.75, 3.05) is 42.9 Å². The lowest BCUT2D eigenvalue weighted by atomic mass is 10.2. The first-order valence-electron chi connectivity index (χ1n) is 8.20. The average Bonchev–Trinajstić information content (AvgIpc) is 3.03. The maximum atomic E-state index is 12.4. The molecule has 132 valence electrons. The molecule has 25 heavy (non-hydrogen) atoms. The van der Waals surface area contributed by atoms with Crippen LogP contribution in [0.5, 0.6) is 0 Å². The van der Waals surface area contributed by atoms with Crippen LogP contribution in [0.15, 0.2) is 41.4 Å². The zero-order chi connectivity index (χ0) is 17.8. The van der Waals surface area contributed by atoms with Crippen molar-refractivity contribution in [2.45, 2.75) is 6.92 Å². The average molecular weight is 361 g/mol. The van der Waals surface area contributed by atoms with Gasteiger partial charge in [-0.25, -0.2) is 0 Å². The maximum Gasteiger partial charge on any atom is 0.277 e. The number of aryl methyl sites for hydroxylation is 1. The summed E-state index contributed by atoms with van der Waals surface area (Å²) in [5.41, 5.74) is 1.77. The molecule has 0 atom stereocenters. The number of benzene rings is 1. The molecule has 1 aromatic carbocycles. The van der Waals surface area contributed by atoms with Gasteiger partial charge in [-0.2, -0.15) is 0 Å². The lowest BCUT2D eigenvalue weighted by molar-refractivity contribution is 0.101. The first-order chi connectivity index (χ1) is 12.1. The number of carbonyl (C=O) groups is 1. The lowest BCUT2D eigenvalue weighted by Crippen LogP contribution is -2.46. The van der Waals surface area contributed by atoms with Crippen LogP contribution in [-0.4, -0.2) is 48.7 Å². The van der Waals surface area contributed by atoms with Gasteiger partial charge in [-0.05, 0) is 19.1 Å². The summed E-state index contributed by atoms with van der Waals surface area (Å²) in [7, 11) is 0. The highest BCUT2D eigenvalue weighted by atomic mass is 35.5. The molecule has 1 aromatic heterocycles. The minimum atomic E-state index is -0.314. The van der Waals surface area contributed by atoms with E-state index in [0.717, 1.165) is 38.4 Å². The molecule has 0 radical (unpaired) electrons. The molecule has 2 heterocycles. The Morgan fingerprint density at radius 1 is 1.40 bits per heavy atom. The van der Waals surface area contributed by atoms with E-state index in [-0.39, 0.29) is 11.6 Å². The van der Waals surface area contributed by atoms with Gasteiger partial charge in [0.2, 0.25) is 0 Å². The second-order valence-electron chi connectivity index (χ2n) is 5.99. The summed E-state index contributed by atoms with van der Waals surface area (Å²) in [4.78, 5) is 16.9. The highest BCUT2D eigenvalue weighted by molar-refractivity contribution is 6.34. The smallest absolute Gasteiger partial charge is 0.277 e. The monoisotopic (exact) mass is 360 g/mol. The Morgan fingerprint density at radius 2 is 2.16 bits per heavy atom. The SMILES string of the molecule is C=CCN1CCN(c2c(Cl)cccc2NC(=O)c2cc(C)on2)CC1. The number of rotatable bonds is 5. The van der Waals surface area contributed by atoms with Crippen LogP contribution >= 0.6 is 11.6 Å². The van der Waals surface area contributed by atoms with E-state index in [9.17, 15) is 4.79 Å². The molecule has 0 saturated carbocycles. The predicted molar refractivity (Wildman–Crippen MR) is 99.5 cm³/mol. The van der Waals surface area contributed by atoms with Crippen molar-refractivity contribution in [3.63, 3.8) is 0 Å². The van der Waals surface area contributed by atoms with Crippen molar-refractivity contribution >= 4 is 28.9 Å². The van der Waals surface area contributed by atoms with E-state index in [0.29, 0.717) is 16.5 Å². The molecule has 3 rings (SSSR count). The molecule has 1 amide bonds. The van der Waals surface area contributed by atoms with Gasteiger partial charge in [0.05, 0.1) is 16.4 Å². The van der Waals surface area contributed by atoms with Crippen LogP contribution in [0.2, 0.25) is 5.02 Å². The normalized spacial score (nSPS) is 15.2. The van der Waals surface area contributed by atoms with E-state index in [1.54, 1.807) is 13.0 Å². The zero-order valence-corrected chi connectivity index (χ0v) is 14.9. The van der Waals surface area contributed by atoms with E-state index in [1.165, 1.54) is 0 Å². The molecular formula is C18H21ClN4O2. The maximum absolute atomic E-state index is 12.4. The van der Waals surface area contributed by atoms with E-state index >= 15 is 0 Å². The Morgan fingerprint density at radius 3 is 2.80 bits per heavy atom. The summed E-state index contributed by atoms with van der Waals surface area (Å²) in [5, 5.41) is 7.27. The fraction of sp³-hybridized carbons (Fsp3) is 0.333. The number of nitrogens with one attached hydrogen (secondary N) is 1. The number of hydrogen-bond donors (Lipinski definition) is 1. The van der Waals surface area contributed by atoms with Crippen molar-refractivity contribution in [2.24, 2.45) is 0 Å². The third-order valence-corrected chi connectivity index (χ3v) is 4.48. The summed E-state index contributed by atoms with van der Waals surface area (Å²) in [6.07, 6.45) is 1.91. The molecule has 0 spiro atoms. The highest BCUT2D eigenvalue weighted by Gasteiger charge is 2.22. The number of nitrogens with zero attached hydrogens (tertiary/aromatic N) is 3. The summed E-state index contributed by atoms with van der Waals surface area (Å²) in [6, 6.07) is 7.11. The van der Waals surface area contributed by atoms with Gasteiger partial charge in [-0.3, -0.25) is 9.69 Å².